The molecular weight excluding hydrogens is 288 g/mol. The van der Waals surface area contributed by atoms with Crippen LogP contribution in [-0.2, 0) is 14.8 Å². The lowest BCUT2D eigenvalue weighted by molar-refractivity contribution is -0.144. The Hall–Kier alpha value is -0.640. The Morgan fingerprint density at radius 2 is 2.05 bits per heavy atom. The average molecular weight is 314 g/mol. The van der Waals surface area contributed by atoms with Gasteiger partial charge in [0.2, 0.25) is 10.0 Å². The van der Waals surface area contributed by atoms with Crippen LogP contribution in [0.5, 0.6) is 0 Å². The van der Waals surface area contributed by atoms with Gasteiger partial charge >= 0.3 is 0 Å². The van der Waals surface area contributed by atoms with Gasteiger partial charge in [0.25, 0.3) is 0 Å². The van der Waals surface area contributed by atoms with Crippen LogP contribution in [0.1, 0.15) is 58.3 Å². The Morgan fingerprint density at radius 1 is 1.33 bits per heavy atom. The van der Waals surface area contributed by atoms with Crippen LogP contribution in [0.4, 0.5) is 0 Å². The zero-order valence-electron chi connectivity index (χ0n) is 12.8. The molecule has 2 fully saturated rings. The molecule has 1 N–H and O–H groups in total. The molecule has 2 unspecified atom stereocenters. The highest BCUT2D eigenvalue weighted by molar-refractivity contribution is 7.89. The molecule has 2 atom stereocenters. The number of nitrogens with one attached hydrogen (secondary N) is 1. The summed E-state index contributed by atoms with van der Waals surface area (Å²) in [5.74, 6) is 0.0481. The van der Waals surface area contributed by atoms with E-state index in [2.05, 4.69) is 4.72 Å². The number of nitriles is 1. The average Bonchev–Trinajstić information content (AvgIpc) is 2.47. The second-order valence-corrected chi connectivity index (χ2v) is 8.10. The summed E-state index contributed by atoms with van der Waals surface area (Å²) >= 11 is 0. The first-order valence-corrected chi connectivity index (χ1v) is 9.68. The molecule has 2 aliphatic carbocycles. The smallest absolute Gasteiger partial charge is 0.211 e. The third kappa shape index (κ3) is 3.77. The fourth-order valence-electron chi connectivity index (χ4n) is 3.85. The molecule has 0 radical (unpaired) electrons. The van der Waals surface area contributed by atoms with E-state index >= 15 is 0 Å². The summed E-state index contributed by atoms with van der Waals surface area (Å²) in [4.78, 5) is 0. The SMILES string of the molecule is CCOC1CC(NS(=O)(=O)CCCC#N)C12CCCCC2. The number of sulfonamides is 1. The van der Waals surface area contributed by atoms with Crippen LogP contribution in [0.2, 0.25) is 0 Å². The molecule has 0 aromatic heterocycles. The van der Waals surface area contributed by atoms with E-state index in [9.17, 15) is 8.42 Å². The summed E-state index contributed by atoms with van der Waals surface area (Å²) in [5.41, 5.74) is 0.0105. The van der Waals surface area contributed by atoms with Crippen LogP contribution in [0.15, 0.2) is 0 Å². The van der Waals surface area contributed by atoms with Crippen LogP contribution in [0.25, 0.3) is 0 Å². The van der Waals surface area contributed by atoms with Crippen LogP contribution >= 0.6 is 0 Å². The Kier molecular flexibility index (Phi) is 5.64. The zero-order chi connectivity index (χ0) is 15.3. The van der Waals surface area contributed by atoms with Crippen LogP contribution in [-0.4, -0.2) is 32.9 Å². The second kappa shape index (κ2) is 7.08. The zero-order valence-corrected chi connectivity index (χ0v) is 13.6. The highest BCUT2D eigenvalue weighted by Gasteiger charge is 2.56. The first kappa shape index (κ1) is 16.7. The maximum absolute atomic E-state index is 12.1. The molecule has 21 heavy (non-hydrogen) atoms. The van der Waals surface area contributed by atoms with E-state index in [0.29, 0.717) is 13.0 Å². The molecule has 0 aromatic rings. The van der Waals surface area contributed by atoms with E-state index in [1.54, 1.807) is 0 Å². The predicted molar refractivity (Wildman–Crippen MR) is 81.1 cm³/mol. The van der Waals surface area contributed by atoms with Crippen molar-refractivity contribution in [3.8, 4) is 6.07 Å². The van der Waals surface area contributed by atoms with Gasteiger partial charge in [-0.3, -0.25) is 0 Å². The number of rotatable bonds is 7. The molecule has 6 heteroatoms. The largest absolute Gasteiger partial charge is 0.378 e. The topological polar surface area (TPSA) is 79.2 Å². The molecule has 5 nitrogen and oxygen atoms in total. The number of unbranched alkanes of at least 4 members (excludes halogenated alkanes) is 1. The first-order valence-electron chi connectivity index (χ1n) is 8.02. The lowest BCUT2D eigenvalue weighted by Gasteiger charge is -2.57. The third-order valence-corrected chi connectivity index (χ3v) is 6.43. The Bertz CT molecular complexity index is 478. The lowest BCUT2D eigenvalue weighted by Crippen LogP contribution is -2.65. The molecule has 0 saturated heterocycles. The van der Waals surface area contributed by atoms with E-state index in [-0.39, 0.29) is 29.7 Å². The molecule has 0 amide bonds. The molecule has 2 saturated carbocycles. The first-order chi connectivity index (χ1) is 10.0. The summed E-state index contributed by atoms with van der Waals surface area (Å²) in [7, 11) is -3.28. The van der Waals surface area contributed by atoms with Gasteiger partial charge in [-0.2, -0.15) is 5.26 Å². The fourth-order valence-corrected chi connectivity index (χ4v) is 5.25. The second-order valence-electron chi connectivity index (χ2n) is 6.22. The van der Waals surface area contributed by atoms with Gasteiger partial charge in [0, 0.05) is 24.5 Å². The van der Waals surface area contributed by atoms with Crippen LogP contribution < -0.4 is 4.72 Å². The molecule has 2 rings (SSSR count). The summed E-state index contributed by atoms with van der Waals surface area (Å²) in [5, 5.41) is 8.51. The van der Waals surface area contributed by atoms with Crippen molar-refractivity contribution in [1.29, 1.82) is 5.26 Å². The Balaban J connectivity index is 1.98. The van der Waals surface area contributed by atoms with E-state index in [4.69, 9.17) is 10.00 Å². The lowest BCUT2D eigenvalue weighted by atomic mass is 9.55. The van der Waals surface area contributed by atoms with Gasteiger partial charge < -0.3 is 4.74 Å². The highest BCUT2D eigenvalue weighted by atomic mass is 32.2. The van der Waals surface area contributed by atoms with Crippen molar-refractivity contribution >= 4 is 10.0 Å². The van der Waals surface area contributed by atoms with Gasteiger partial charge in [0.1, 0.15) is 0 Å². The third-order valence-electron chi connectivity index (χ3n) is 4.96. The summed E-state index contributed by atoms with van der Waals surface area (Å²) < 4.78 is 33.0. The van der Waals surface area contributed by atoms with Gasteiger partial charge in [-0.15, -0.1) is 0 Å². The van der Waals surface area contributed by atoms with Crippen molar-refractivity contribution in [2.75, 3.05) is 12.4 Å². The molecule has 2 aliphatic rings. The Labute approximate surface area is 128 Å². The van der Waals surface area contributed by atoms with Gasteiger partial charge in [0.15, 0.2) is 0 Å². The van der Waals surface area contributed by atoms with E-state index in [0.717, 1.165) is 32.1 Å². The Morgan fingerprint density at radius 3 is 2.67 bits per heavy atom. The highest BCUT2D eigenvalue weighted by Crippen LogP contribution is 2.53. The maximum atomic E-state index is 12.1. The number of ether oxygens (including phenoxy) is 1. The standard InChI is InChI=1S/C15H26N2O3S/c1-2-20-14-12-13(15(14)8-4-3-5-9-15)17-21(18,19)11-7-6-10-16/h13-14,17H,2-9,11-12H2,1H3. The maximum Gasteiger partial charge on any atom is 0.211 e. The van der Waals surface area contributed by atoms with Gasteiger partial charge in [-0.1, -0.05) is 19.3 Å². The van der Waals surface area contributed by atoms with Crippen molar-refractivity contribution in [2.45, 2.75) is 70.4 Å². The number of nitrogens with zero attached hydrogens (tertiary/aromatic N) is 1. The monoisotopic (exact) mass is 314 g/mol. The van der Waals surface area contributed by atoms with E-state index in [1.807, 2.05) is 13.0 Å². The normalized spacial score (nSPS) is 28.0. The molecular formula is C15H26N2O3S. The molecule has 1 spiro atoms. The summed E-state index contributed by atoms with van der Waals surface area (Å²) in [6.07, 6.45) is 7.36. The van der Waals surface area contributed by atoms with Crippen molar-refractivity contribution in [1.82, 2.24) is 4.72 Å². The summed E-state index contributed by atoms with van der Waals surface area (Å²) in [6, 6.07) is 2.01. The van der Waals surface area contributed by atoms with E-state index < -0.39 is 10.0 Å². The van der Waals surface area contributed by atoms with Crippen molar-refractivity contribution in [2.24, 2.45) is 5.41 Å². The molecule has 120 valence electrons. The summed E-state index contributed by atoms with van der Waals surface area (Å²) in [6.45, 7) is 2.68. The molecule has 0 aromatic carbocycles. The van der Waals surface area contributed by atoms with Crippen molar-refractivity contribution < 1.29 is 13.2 Å². The molecule has 0 heterocycles. The van der Waals surface area contributed by atoms with Crippen molar-refractivity contribution in [3.63, 3.8) is 0 Å². The number of hydrogen-bond donors (Lipinski definition) is 1. The van der Waals surface area contributed by atoms with E-state index in [1.165, 1.54) is 6.42 Å². The van der Waals surface area contributed by atoms with Crippen LogP contribution in [0.3, 0.4) is 0 Å². The minimum absolute atomic E-state index is 0.0105. The van der Waals surface area contributed by atoms with Crippen molar-refractivity contribution in [3.05, 3.63) is 0 Å². The van der Waals surface area contributed by atoms with Gasteiger partial charge in [0.05, 0.1) is 17.9 Å². The minimum atomic E-state index is -3.28. The van der Waals surface area contributed by atoms with Gasteiger partial charge in [-0.05, 0) is 32.6 Å². The fraction of sp³-hybridized carbons (Fsp3) is 0.933. The quantitative estimate of drug-likeness (QED) is 0.731. The number of hydrogen-bond acceptors (Lipinski definition) is 4. The molecule has 0 bridgehead atoms. The predicted octanol–water partition coefficient (Wildman–Crippen LogP) is 2.34. The minimum Gasteiger partial charge on any atom is -0.378 e. The molecule has 0 aliphatic heterocycles. The van der Waals surface area contributed by atoms with Crippen LogP contribution in [0, 0.1) is 16.7 Å². The van der Waals surface area contributed by atoms with Gasteiger partial charge in [-0.25, -0.2) is 13.1 Å².